The fourth-order valence-electron chi connectivity index (χ4n) is 4.62. The lowest BCUT2D eigenvalue weighted by atomic mass is 9.89. The summed E-state index contributed by atoms with van der Waals surface area (Å²) in [6.45, 7) is 2.78. The summed E-state index contributed by atoms with van der Waals surface area (Å²) in [5, 5.41) is 3.29. The molecule has 44 heavy (non-hydrogen) atoms. The van der Waals surface area contributed by atoms with Crippen molar-refractivity contribution in [2.75, 3.05) is 19.5 Å². The number of methoxy groups -OCH3 is 2. The largest absolute Gasteiger partial charge is 0.373 e. The summed E-state index contributed by atoms with van der Waals surface area (Å²) in [6, 6.07) is 28.2. The van der Waals surface area contributed by atoms with Crippen LogP contribution in [0.25, 0.3) is 10.8 Å². The molecule has 0 heterocycles. The van der Waals surface area contributed by atoms with E-state index in [4.69, 9.17) is 9.47 Å². The number of halogens is 1. The first-order chi connectivity index (χ1) is 20.4. The minimum absolute atomic E-state index is 0. The number of Topliss-reactive ketones (excluding diaryl/α,β-unsaturated/α-hetero) is 2. The van der Waals surface area contributed by atoms with Crippen molar-refractivity contribution in [2.24, 2.45) is 0 Å². The molecule has 234 valence electrons. The van der Waals surface area contributed by atoms with Crippen LogP contribution in [-0.2, 0) is 46.8 Å². The van der Waals surface area contributed by atoms with Gasteiger partial charge in [0.1, 0.15) is 11.0 Å². The maximum Gasteiger partial charge on any atom is 0.297 e. The topological polar surface area (TPSA) is 136 Å². The minimum atomic E-state index is -4.68. The summed E-state index contributed by atoms with van der Waals surface area (Å²) in [5.74, 6) is -1.30. The summed E-state index contributed by atoms with van der Waals surface area (Å²) in [6.07, 6.45) is 0.315. The number of hydrogen-bond donors (Lipinski definition) is 2. The second kappa shape index (κ2) is 16.0. The highest BCUT2D eigenvalue weighted by molar-refractivity contribution is 7.86. The van der Waals surface area contributed by atoms with E-state index in [0.717, 1.165) is 5.56 Å². The van der Waals surface area contributed by atoms with E-state index in [-0.39, 0.29) is 34.1 Å². The van der Waals surface area contributed by atoms with E-state index in [9.17, 15) is 27.4 Å². The third kappa shape index (κ3) is 8.87. The van der Waals surface area contributed by atoms with Gasteiger partial charge < -0.3 is 14.8 Å². The zero-order valence-electron chi connectivity index (χ0n) is 24.9. The maximum absolute atomic E-state index is 13.2. The fraction of sp³-hybridized carbons (Fsp3) is 0.242. The number of ketones is 2. The molecule has 0 fully saturated rings. The average Bonchev–Trinajstić information content (AvgIpc) is 2.99. The molecule has 0 bridgehead atoms. The molecule has 2 unspecified atom stereocenters. The average molecular weight is 626 g/mol. The number of carbonyl (C=O) groups is 3. The molecule has 2 atom stereocenters. The van der Waals surface area contributed by atoms with Crippen molar-refractivity contribution in [3.05, 3.63) is 108 Å². The number of hydrogen-bond acceptors (Lipinski definition) is 7. The summed E-state index contributed by atoms with van der Waals surface area (Å²) < 4.78 is 44.4. The second-order valence-corrected chi connectivity index (χ2v) is 11.2. The molecule has 11 heteroatoms. The number of fused-ring (bicyclic) bond motifs is 1. The van der Waals surface area contributed by atoms with Crippen molar-refractivity contribution in [1.29, 1.82) is 0 Å². The molecule has 9 nitrogen and oxygen atoms in total. The second-order valence-electron chi connectivity index (χ2n) is 9.87. The Morgan fingerprint density at radius 1 is 0.818 bits per heavy atom. The van der Waals surface area contributed by atoms with Crippen molar-refractivity contribution in [3.8, 4) is 0 Å². The zero-order valence-corrected chi connectivity index (χ0v) is 25.7. The third-order valence-electron chi connectivity index (χ3n) is 6.97. The van der Waals surface area contributed by atoms with Gasteiger partial charge in [-0.3, -0.25) is 23.6 Å². The Balaban J connectivity index is 0.000000406. The summed E-state index contributed by atoms with van der Waals surface area (Å²) in [7, 11) is -1.87. The van der Waals surface area contributed by atoms with Crippen LogP contribution in [-0.4, -0.2) is 56.4 Å². The summed E-state index contributed by atoms with van der Waals surface area (Å²) in [5.41, 5.74) is -0.191. The number of anilines is 1. The lowest BCUT2D eigenvalue weighted by molar-refractivity contribution is -0.151. The lowest BCUT2D eigenvalue weighted by Gasteiger charge is -2.29. The van der Waals surface area contributed by atoms with E-state index in [1.54, 1.807) is 68.6 Å². The van der Waals surface area contributed by atoms with Crippen LogP contribution in [0.15, 0.2) is 102 Å². The first-order valence-corrected chi connectivity index (χ1v) is 14.8. The third-order valence-corrected chi connectivity index (χ3v) is 7.92. The van der Waals surface area contributed by atoms with Crippen molar-refractivity contribution in [1.82, 2.24) is 0 Å². The molecule has 0 spiro atoms. The molecule has 0 radical (unpaired) electrons. The van der Waals surface area contributed by atoms with Gasteiger partial charge in [0.15, 0.2) is 11.6 Å². The van der Waals surface area contributed by atoms with Crippen molar-refractivity contribution in [3.63, 3.8) is 0 Å². The molecule has 1 amide bonds. The number of ether oxygens (including phenoxy) is 2. The van der Waals surface area contributed by atoms with Crippen LogP contribution in [0.5, 0.6) is 0 Å². The quantitative estimate of drug-likeness (QED) is 0.171. The molecule has 0 aliphatic rings. The van der Waals surface area contributed by atoms with Crippen LogP contribution < -0.4 is 5.32 Å². The maximum atomic E-state index is 13.2. The number of carbonyl (C=O) groups excluding carboxylic acids is 3. The Bertz CT molecular complexity index is 1680. The van der Waals surface area contributed by atoms with Gasteiger partial charge in [0.25, 0.3) is 16.0 Å². The number of rotatable bonds is 11. The fourth-order valence-corrected chi connectivity index (χ4v) is 5.48. The van der Waals surface area contributed by atoms with E-state index in [1.807, 2.05) is 30.3 Å². The van der Waals surface area contributed by atoms with Gasteiger partial charge in [-0.25, -0.2) is 0 Å². The Hall–Kier alpha value is -4.29. The van der Waals surface area contributed by atoms with Crippen LogP contribution in [0.4, 0.5) is 10.4 Å². The van der Waals surface area contributed by atoms with Gasteiger partial charge in [-0.15, -0.1) is 0 Å². The van der Waals surface area contributed by atoms with Gasteiger partial charge in [-0.2, -0.15) is 8.42 Å². The Morgan fingerprint density at radius 2 is 1.36 bits per heavy atom. The normalized spacial score (nSPS) is 12.9. The molecule has 0 aliphatic carbocycles. The van der Waals surface area contributed by atoms with Crippen LogP contribution in [0.2, 0.25) is 0 Å². The Morgan fingerprint density at radius 3 is 1.86 bits per heavy atom. The van der Waals surface area contributed by atoms with Gasteiger partial charge >= 0.3 is 0 Å². The number of amides is 1. The van der Waals surface area contributed by atoms with E-state index < -0.39 is 32.3 Å². The molecule has 0 saturated carbocycles. The highest BCUT2D eigenvalue weighted by atomic mass is 32.2. The first-order valence-electron chi connectivity index (χ1n) is 13.4. The monoisotopic (exact) mass is 625 g/mol. The van der Waals surface area contributed by atoms with Crippen LogP contribution in [0, 0.1) is 0 Å². The smallest absolute Gasteiger partial charge is 0.297 e. The molecular formula is C33H36FNO8S. The van der Waals surface area contributed by atoms with E-state index in [0.29, 0.717) is 17.4 Å². The van der Waals surface area contributed by atoms with Crippen molar-refractivity contribution in [2.45, 2.75) is 43.3 Å². The molecule has 0 aliphatic heterocycles. The van der Waals surface area contributed by atoms with Crippen LogP contribution in [0.3, 0.4) is 0 Å². The van der Waals surface area contributed by atoms with Gasteiger partial charge in [0.05, 0.1) is 5.69 Å². The Labute approximate surface area is 256 Å². The van der Waals surface area contributed by atoms with Gasteiger partial charge in [0, 0.05) is 32.4 Å². The summed E-state index contributed by atoms with van der Waals surface area (Å²) in [4.78, 5) is 36.3. The van der Waals surface area contributed by atoms with Crippen LogP contribution in [0.1, 0.15) is 25.0 Å². The first kappa shape index (κ1) is 35.9. The molecule has 4 aromatic rings. The van der Waals surface area contributed by atoms with Crippen molar-refractivity contribution < 1.29 is 41.5 Å². The SMILES string of the molecule is COC(Cc1ccccc1)(C(C)=O)C(=O)Nc1ccc2ccccc2c1S(=O)(=O)O.COC(Cc1ccccc1)C(C)=O.F. The Kier molecular flexibility index (Phi) is 13.0. The zero-order chi connectivity index (χ0) is 31.6. The molecule has 0 aromatic heterocycles. The number of benzene rings is 4. The standard InChI is InChI=1S/C22H21NO6S.C11H14O2.FH/c1-15(24)22(29-2,14-16-8-4-3-5-9-16)21(25)23-19-13-12-17-10-6-7-11-18(17)20(19)30(26,27)28;1-9(12)11(13-2)8-10-6-4-3-5-7-10;/h3-13H,14H2,1-2H3,(H,23,25)(H,26,27,28);3-7,11H,8H2,1-2H3;1H. The highest BCUT2D eigenvalue weighted by Crippen LogP contribution is 2.32. The minimum Gasteiger partial charge on any atom is -0.373 e. The lowest BCUT2D eigenvalue weighted by Crippen LogP contribution is -2.52. The van der Waals surface area contributed by atoms with E-state index in [2.05, 4.69) is 5.32 Å². The van der Waals surface area contributed by atoms with Gasteiger partial charge in [0.2, 0.25) is 5.60 Å². The number of nitrogens with one attached hydrogen (secondary N) is 1. The highest BCUT2D eigenvalue weighted by Gasteiger charge is 2.44. The van der Waals surface area contributed by atoms with Gasteiger partial charge in [-0.1, -0.05) is 91.0 Å². The van der Waals surface area contributed by atoms with Crippen LogP contribution >= 0.6 is 0 Å². The predicted octanol–water partition coefficient (Wildman–Crippen LogP) is 5.23. The van der Waals surface area contributed by atoms with Crippen molar-refractivity contribution >= 4 is 44.1 Å². The molecule has 4 aromatic carbocycles. The molecule has 4 rings (SSSR count). The summed E-state index contributed by atoms with van der Waals surface area (Å²) >= 11 is 0. The van der Waals surface area contributed by atoms with E-state index in [1.165, 1.54) is 26.2 Å². The van der Waals surface area contributed by atoms with E-state index >= 15 is 0 Å². The molecule has 0 saturated heterocycles. The molecular weight excluding hydrogens is 589 g/mol. The molecule has 2 N–H and O–H groups in total. The predicted molar refractivity (Wildman–Crippen MR) is 167 cm³/mol. The van der Waals surface area contributed by atoms with Gasteiger partial charge in [-0.05, 0) is 36.4 Å².